The number of benzene rings is 1. The van der Waals surface area contributed by atoms with Gasteiger partial charge in [0.25, 0.3) is 0 Å². The Balaban J connectivity index is 0.00000176. The lowest BCUT2D eigenvalue weighted by atomic mass is 10.0. The fourth-order valence-electron chi connectivity index (χ4n) is 2.56. The van der Waals surface area contributed by atoms with Crippen LogP contribution < -0.4 is 20.5 Å². The summed E-state index contributed by atoms with van der Waals surface area (Å²) < 4.78 is 11.2. The predicted octanol–water partition coefficient (Wildman–Crippen LogP) is 2.04. The molecule has 1 fully saturated rings. The number of fused-ring (bicyclic) bond motifs is 1. The van der Waals surface area contributed by atoms with E-state index in [2.05, 4.69) is 5.32 Å². The average Bonchev–Trinajstić information content (AvgIpc) is 3.35. The number of hydrogen-bond donors (Lipinski definition) is 2. The second-order valence-corrected chi connectivity index (χ2v) is 5.86. The molecule has 1 aliphatic heterocycles. The van der Waals surface area contributed by atoms with Gasteiger partial charge in [-0.25, -0.2) is 0 Å². The Morgan fingerprint density at radius 3 is 2.64 bits per heavy atom. The molecule has 1 aromatic rings. The van der Waals surface area contributed by atoms with Crippen molar-refractivity contribution in [3.05, 3.63) is 23.8 Å². The summed E-state index contributed by atoms with van der Waals surface area (Å²) in [5, 5.41) is 3.14. The molecule has 22 heavy (non-hydrogen) atoms. The van der Waals surface area contributed by atoms with E-state index in [0.29, 0.717) is 25.7 Å². The van der Waals surface area contributed by atoms with E-state index in [1.54, 1.807) is 0 Å². The lowest BCUT2D eigenvalue weighted by Crippen LogP contribution is -2.36. The van der Waals surface area contributed by atoms with Crippen LogP contribution in [0.15, 0.2) is 18.2 Å². The second-order valence-electron chi connectivity index (χ2n) is 5.86. The molecule has 3 N–H and O–H groups in total. The van der Waals surface area contributed by atoms with Crippen molar-refractivity contribution >= 4 is 18.3 Å². The highest BCUT2D eigenvalue weighted by Crippen LogP contribution is 2.43. The smallest absolute Gasteiger partial charge is 0.224 e. The van der Waals surface area contributed by atoms with Crippen LogP contribution in [-0.4, -0.2) is 25.7 Å². The molecule has 0 radical (unpaired) electrons. The number of hydrogen-bond acceptors (Lipinski definition) is 4. The van der Waals surface area contributed by atoms with Crippen molar-refractivity contribution in [2.45, 2.75) is 25.8 Å². The number of halogens is 1. The first-order valence-electron chi connectivity index (χ1n) is 7.59. The van der Waals surface area contributed by atoms with Crippen LogP contribution in [0, 0.1) is 11.8 Å². The number of amides is 1. The number of carbonyl (C=O) groups excluding carboxylic acids is 1. The predicted molar refractivity (Wildman–Crippen MR) is 86.5 cm³/mol. The van der Waals surface area contributed by atoms with Gasteiger partial charge in [-0.15, -0.1) is 12.4 Å². The lowest BCUT2D eigenvalue weighted by molar-refractivity contribution is -0.125. The lowest BCUT2D eigenvalue weighted by Gasteiger charge is -2.24. The van der Waals surface area contributed by atoms with Gasteiger partial charge < -0.3 is 20.5 Å². The van der Waals surface area contributed by atoms with Crippen LogP contribution in [-0.2, 0) is 4.79 Å². The highest BCUT2D eigenvalue weighted by Gasteiger charge is 2.34. The van der Waals surface area contributed by atoms with E-state index in [-0.39, 0.29) is 30.3 Å². The molecule has 2 aliphatic rings. The number of ether oxygens (including phenoxy) is 2. The zero-order valence-corrected chi connectivity index (χ0v) is 13.5. The van der Waals surface area contributed by atoms with E-state index in [1.165, 1.54) is 0 Å². The summed E-state index contributed by atoms with van der Waals surface area (Å²) in [6.45, 7) is 3.37. The van der Waals surface area contributed by atoms with Crippen molar-refractivity contribution in [3.8, 4) is 11.5 Å². The topological polar surface area (TPSA) is 73.6 Å². The SMILES string of the molecule is CC(CN)C(=O)NC(c1ccc2c(c1)OCCO2)C1CC1.Cl. The third kappa shape index (κ3) is 3.65. The Hall–Kier alpha value is -1.46. The fourth-order valence-corrected chi connectivity index (χ4v) is 2.56. The zero-order chi connectivity index (χ0) is 14.8. The number of nitrogens with one attached hydrogen (secondary N) is 1. The molecule has 0 aromatic heterocycles. The first kappa shape index (κ1) is 16.9. The molecule has 1 heterocycles. The summed E-state index contributed by atoms with van der Waals surface area (Å²) in [5.74, 6) is 1.92. The van der Waals surface area contributed by atoms with Gasteiger partial charge in [0.2, 0.25) is 5.91 Å². The van der Waals surface area contributed by atoms with Crippen molar-refractivity contribution in [1.82, 2.24) is 5.32 Å². The maximum atomic E-state index is 12.1. The van der Waals surface area contributed by atoms with Gasteiger partial charge in [0.15, 0.2) is 11.5 Å². The van der Waals surface area contributed by atoms with Crippen molar-refractivity contribution in [1.29, 1.82) is 0 Å². The van der Waals surface area contributed by atoms with E-state index < -0.39 is 0 Å². The Morgan fingerprint density at radius 2 is 2.00 bits per heavy atom. The van der Waals surface area contributed by atoms with Gasteiger partial charge in [-0.2, -0.15) is 0 Å². The molecule has 6 heteroatoms. The van der Waals surface area contributed by atoms with Crippen LogP contribution in [0.1, 0.15) is 31.4 Å². The molecular weight excluding hydrogens is 304 g/mol. The minimum Gasteiger partial charge on any atom is -0.486 e. The van der Waals surface area contributed by atoms with Gasteiger partial charge in [-0.3, -0.25) is 4.79 Å². The summed E-state index contributed by atoms with van der Waals surface area (Å²) in [6.07, 6.45) is 2.30. The van der Waals surface area contributed by atoms with Gasteiger partial charge in [0.1, 0.15) is 13.2 Å². The summed E-state index contributed by atoms with van der Waals surface area (Å²) in [5.41, 5.74) is 6.66. The molecule has 2 atom stereocenters. The van der Waals surface area contributed by atoms with Gasteiger partial charge in [-0.1, -0.05) is 13.0 Å². The average molecular weight is 327 g/mol. The highest BCUT2D eigenvalue weighted by molar-refractivity contribution is 5.85. The molecule has 2 unspecified atom stereocenters. The third-order valence-electron chi connectivity index (χ3n) is 4.12. The summed E-state index contributed by atoms with van der Waals surface area (Å²) in [4.78, 5) is 12.1. The quantitative estimate of drug-likeness (QED) is 0.868. The number of rotatable bonds is 5. The third-order valence-corrected chi connectivity index (χ3v) is 4.12. The highest BCUT2D eigenvalue weighted by atomic mass is 35.5. The van der Waals surface area contributed by atoms with E-state index in [1.807, 2.05) is 25.1 Å². The van der Waals surface area contributed by atoms with Crippen molar-refractivity contribution < 1.29 is 14.3 Å². The van der Waals surface area contributed by atoms with Crippen LogP contribution in [0.2, 0.25) is 0 Å². The largest absolute Gasteiger partial charge is 0.486 e. The molecule has 0 saturated heterocycles. The summed E-state index contributed by atoms with van der Waals surface area (Å²) in [6, 6.07) is 5.98. The molecule has 1 saturated carbocycles. The molecule has 0 bridgehead atoms. The maximum absolute atomic E-state index is 12.1. The van der Waals surface area contributed by atoms with E-state index in [9.17, 15) is 4.79 Å². The zero-order valence-electron chi connectivity index (χ0n) is 12.7. The van der Waals surface area contributed by atoms with Crippen LogP contribution in [0.25, 0.3) is 0 Å². The fraction of sp³-hybridized carbons (Fsp3) is 0.562. The Bertz CT molecular complexity index is 534. The minimum absolute atomic E-state index is 0. The van der Waals surface area contributed by atoms with E-state index in [4.69, 9.17) is 15.2 Å². The van der Waals surface area contributed by atoms with Gasteiger partial charge in [0.05, 0.1) is 6.04 Å². The molecule has 1 aromatic carbocycles. The van der Waals surface area contributed by atoms with E-state index in [0.717, 1.165) is 29.9 Å². The van der Waals surface area contributed by atoms with Gasteiger partial charge in [-0.05, 0) is 36.5 Å². The molecule has 122 valence electrons. The molecule has 5 nitrogen and oxygen atoms in total. The van der Waals surface area contributed by atoms with Crippen LogP contribution in [0.4, 0.5) is 0 Å². The number of carbonyl (C=O) groups is 1. The first-order valence-corrected chi connectivity index (χ1v) is 7.59. The molecule has 1 aliphatic carbocycles. The molecular formula is C16H23ClN2O3. The van der Waals surface area contributed by atoms with Crippen molar-refractivity contribution in [3.63, 3.8) is 0 Å². The normalized spacial score (nSPS) is 18.8. The van der Waals surface area contributed by atoms with Crippen LogP contribution >= 0.6 is 12.4 Å². The Morgan fingerprint density at radius 1 is 1.32 bits per heavy atom. The van der Waals surface area contributed by atoms with Gasteiger partial charge >= 0.3 is 0 Å². The van der Waals surface area contributed by atoms with Crippen molar-refractivity contribution in [2.24, 2.45) is 17.6 Å². The Labute approximate surface area is 137 Å². The summed E-state index contributed by atoms with van der Waals surface area (Å²) in [7, 11) is 0. The standard InChI is InChI=1S/C16H22N2O3.ClH/c1-10(9-17)16(19)18-15(11-2-3-11)12-4-5-13-14(8-12)21-7-6-20-13;/h4-5,8,10-11,15H,2-3,6-7,9,17H2,1H3,(H,18,19);1H. The minimum atomic E-state index is -0.163. The molecule has 3 rings (SSSR count). The van der Waals surface area contributed by atoms with Crippen molar-refractivity contribution in [2.75, 3.05) is 19.8 Å². The van der Waals surface area contributed by atoms with E-state index >= 15 is 0 Å². The summed E-state index contributed by atoms with van der Waals surface area (Å²) >= 11 is 0. The molecule has 1 amide bonds. The van der Waals surface area contributed by atoms with Crippen LogP contribution in [0.5, 0.6) is 11.5 Å². The molecule has 0 spiro atoms. The number of nitrogens with two attached hydrogens (primary N) is 1. The van der Waals surface area contributed by atoms with Gasteiger partial charge in [0, 0.05) is 12.5 Å². The maximum Gasteiger partial charge on any atom is 0.224 e. The van der Waals surface area contributed by atoms with Crippen LogP contribution in [0.3, 0.4) is 0 Å². The Kier molecular flexibility index (Phi) is 5.53. The monoisotopic (exact) mass is 326 g/mol. The second kappa shape index (κ2) is 7.20. The first-order chi connectivity index (χ1) is 10.2.